The number of pyridine rings is 1. The van der Waals surface area contributed by atoms with Crippen molar-refractivity contribution in [2.45, 2.75) is 26.4 Å². The Hall–Kier alpha value is -1.39. The standard InChI is InChI=1S/C17H22BrN3/c1-3-9-19-17-11-15(8-10-20-17)13-21(2)12-14-4-6-16(18)7-5-14/h4-8,10-11H,3,9,12-13H2,1-2H3,(H,19,20). The highest BCUT2D eigenvalue weighted by Gasteiger charge is 2.03. The summed E-state index contributed by atoms with van der Waals surface area (Å²) in [6, 6.07) is 12.7. The van der Waals surface area contributed by atoms with Gasteiger partial charge in [-0.2, -0.15) is 0 Å². The Morgan fingerprint density at radius 1 is 1.10 bits per heavy atom. The van der Waals surface area contributed by atoms with Gasteiger partial charge in [0.05, 0.1) is 0 Å². The highest BCUT2D eigenvalue weighted by atomic mass is 79.9. The lowest BCUT2D eigenvalue weighted by atomic mass is 10.2. The fourth-order valence-electron chi connectivity index (χ4n) is 2.19. The van der Waals surface area contributed by atoms with Crippen molar-refractivity contribution >= 4 is 21.7 Å². The molecule has 3 nitrogen and oxygen atoms in total. The lowest BCUT2D eigenvalue weighted by molar-refractivity contribution is 0.319. The SMILES string of the molecule is CCCNc1cc(CN(C)Cc2ccc(Br)cc2)ccn1. The number of halogens is 1. The van der Waals surface area contributed by atoms with Gasteiger partial charge >= 0.3 is 0 Å². The van der Waals surface area contributed by atoms with Gasteiger partial charge in [-0.25, -0.2) is 4.98 Å². The van der Waals surface area contributed by atoms with Crippen molar-refractivity contribution in [3.05, 3.63) is 58.2 Å². The predicted octanol–water partition coefficient (Wildman–Crippen LogP) is 4.30. The van der Waals surface area contributed by atoms with Gasteiger partial charge in [-0.05, 0) is 48.9 Å². The number of aromatic nitrogens is 1. The van der Waals surface area contributed by atoms with Crippen LogP contribution in [0.25, 0.3) is 0 Å². The summed E-state index contributed by atoms with van der Waals surface area (Å²) in [4.78, 5) is 6.65. The number of rotatable bonds is 7. The molecule has 0 saturated heterocycles. The van der Waals surface area contributed by atoms with Gasteiger partial charge in [0.15, 0.2) is 0 Å². The molecule has 1 aromatic heterocycles. The van der Waals surface area contributed by atoms with Crippen LogP contribution in [0.5, 0.6) is 0 Å². The summed E-state index contributed by atoms with van der Waals surface area (Å²) in [5.74, 6) is 0.964. The molecular formula is C17H22BrN3. The molecule has 21 heavy (non-hydrogen) atoms. The molecule has 2 rings (SSSR count). The summed E-state index contributed by atoms with van der Waals surface area (Å²) in [6.07, 6.45) is 2.98. The third-order valence-corrected chi connectivity index (χ3v) is 3.73. The Morgan fingerprint density at radius 2 is 1.81 bits per heavy atom. The fourth-order valence-corrected chi connectivity index (χ4v) is 2.46. The van der Waals surface area contributed by atoms with Crippen LogP contribution in [0.3, 0.4) is 0 Å². The zero-order chi connectivity index (χ0) is 15.1. The molecule has 2 aromatic rings. The minimum atomic E-state index is 0.916. The van der Waals surface area contributed by atoms with Gasteiger partial charge in [-0.3, -0.25) is 4.90 Å². The first-order chi connectivity index (χ1) is 10.2. The van der Waals surface area contributed by atoms with E-state index < -0.39 is 0 Å². The molecule has 0 amide bonds. The first-order valence-corrected chi connectivity index (χ1v) is 8.08. The fraction of sp³-hybridized carbons (Fsp3) is 0.353. The lowest BCUT2D eigenvalue weighted by Gasteiger charge is -2.17. The van der Waals surface area contributed by atoms with Crippen LogP contribution in [-0.4, -0.2) is 23.5 Å². The van der Waals surface area contributed by atoms with Crippen LogP contribution < -0.4 is 5.32 Å². The van der Waals surface area contributed by atoms with E-state index in [9.17, 15) is 0 Å². The minimum Gasteiger partial charge on any atom is -0.370 e. The minimum absolute atomic E-state index is 0.916. The highest BCUT2D eigenvalue weighted by molar-refractivity contribution is 9.10. The molecular weight excluding hydrogens is 326 g/mol. The molecule has 4 heteroatoms. The van der Waals surface area contributed by atoms with Gasteiger partial charge < -0.3 is 5.32 Å². The first kappa shape index (κ1) is 16.0. The summed E-state index contributed by atoms with van der Waals surface area (Å²) in [7, 11) is 2.14. The number of hydrogen-bond donors (Lipinski definition) is 1. The Kier molecular flexibility index (Phi) is 6.21. The molecule has 1 N–H and O–H groups in total. The summed E-state index contributed by atoms with van der Waals surface area (Å²) in [5.41, 5.74) is 2.60. The van der Waals surface area contributed by atoms with E-state index in [4.69, 9.17) is 0 Å². The van der Waals surface area contributed by atoms with Crippen molar-refractivity contribution in [3.63, 3.8) is 0 Å². The first-order valence-electron chi connectivity index (χ1n) is 7.29. The summed E-state index contributed by atoms with van der Waals surface area (Å²) < 4.78 is 1.12. The van der Waals surface area contributed by atoms with Gasteiger partial charge in [-0.15, -0.1) is 0 Å². The van der Waals surface area contributed by atoms with Crippen molar-refractivity contribution in [2.24, 2.45) is 0 Å². The normalized spacial score (nSPS) is 10.9. The van der Waals surface area contributed by atoms with E-state index in [-0.39, 0.29) is 0 Å². The van der Waals surface area contributed by atoms with E-state index in [1.807, 2.05) is 6.20 Å². The summed E-state index contributed by atoms with van der Waals surface area (Å²) in [5, 5.41) is 3.33. The molecule has 0 aliphatic rings. The molecule has 0 saturated carbocycles. The van der Waals surface area contributed by atoms with Crippen molar-refractivity contribution in [2.75, 3.05) is 18.9 Å². The van der Waals surface area contributed by atoms with Gasteiger partial charge in [0, 0.05) is 30.3 Å². The molecule has 0 fully saturated rings. The smallest absolute Gasteiger partial charge is 0.126 e. The quantitative estimate of drug-likeness (QED) is 0.809. The van der Waals surface area contributed by atoms with Gasteiger partial charge in [0.1, 0.15) is 5.82 Å². The predicted molar refractivity (Wildman–Crippen MR) is 92.3 cm³/mol. The molecule has 0 aliphatic heterocycles. The third-order valence-electron chi connectivity index (χ3n) is 3.20. The Bertz CT molecular complexity index is 554. The van der Waals surface area contributed by atoms with Gasteiger partial charge in [-0.1, -0.05) is 35.0 Å². The molecule has 0 unspecified atom stereocenters. The number of nitrogens with zero attached hydrogens (tertiary/aromatic N) is 2. The molecule has 1 aromatic carbocycles. The van der Waals surface area contributed by atoms with Crippen molar-refractivity contribution in [1.82, 2.24) is 9.88 Å². The Balaban J connectivity index is 1.92. The summed E-state index contributed by atoms with van der Waals surface area (Å²) >= 11 is 3.47. The zero-order valence-electron chi connectivity index (χ0n) is 12.6. The van der Waals surface area contributed by atoms with E-state index in [1.54, 1.807) is 0 Å². The lowest BCUT2D eigenvalue weighted by Crippen LogP contribution is -2.17. The van der Waals surface area contributed by atoms with E-state index in [2.05, 4.69) is 81.5 Å². The van der Waals surface area contributed by atoms with E-state index >= 15 is 0 Å². The molecule has 0 radical (unpaired) electrons. The second kappa shape index (κ2) is 8.15. The van der Waals surface area contributed by atoms with E-state index in [0.29, 0.717) is 0 Å². The van der Waals surface area contributed by atoms with Crippen molar-refractivity contribution in [1.29, 1.82) is 0 Å². The number of nitrogens with one attached hydrogen (secondary N) is 1. The largest absolute Gasteiger partial charge is 0.370 e. The van der Waals surface area contributed by atoms with Crippen LogP contribution in [0, 0.1) is 0 Å². The van der Waals surface area contributed by atoms with Crippen LogP contribution in [0.1, 0.15) is 24.5 Å². The second-order valence-corrected chi connectivity index (χ2v) is 6.19. The van der Waals surface area contributed by atoms with Crippen molar-refractivity contribution < 1.29 is 0 Å². The van der Waals surface area contributed by atoms with E-state index in [0.717, 1.165) is 36.3 Å². The van der Waals surface area contributed by atoms with Gasteiger partial charge in [0.2, 0.25) is 0 Å². The molecule has 0 spiro atoms. The highest BCUT2D eigenvalue weighted by Crippen LogP contribution is 2.14. The molecule has 0 aliphatic carbocycles. The molecule has 1 heterocycles. The molecule has 0 atom stereocenters. The maximum atomic E-state index is 4.34. The maximum Gasteiger partial charge on any atom is 0.126 e. The second-order valence-electron chi connectivity index (χ2n) is 5.27. The number of anilines is 1. The Labute approximate surface area is 135 Å². The van der Waals surface area contributed by atoms with Gasteiger partial charge in [0.25, 0.3) is 0 Å². The number of benzene rings is 1. The maximum absolute atomic E-state index is 4.34. The molecule has 0 bridgehead atoms. The van der Waals surface area contributed by atoms with E-state index in [1.165, 1.54) is 11.1 Å². The van der Waals surface area contributed by atoms with Crippen LogP contribution in [0.4, 0.5) is 5.82 Å². The molecule has 112 valence electrons. The average molecular weight is 348 g/mol. The van der Waals surface area contributed by atoms with Crippen molar-refractivity contribution in [3.8, 4) is 0 Å². The third kappa shape index (κ3) is 5.48. The van der Waals surface area contributed by atoms with Crippen LogP contribution in [0.15, 0.2) is 47.1 Å². The number of hydrogen-bond acceptors (Lipinski definition) is 3. The summed E-state index contributed by atoms with van der Waals surface area (Å²) in [6.45, 7) is 4.97. The topological polar surface area (TPSA) is 28.2 Å². The van der Waals surface area contributed by atoms with Crippen LogP contribution in [0.2, 0.25) is 0 Å². The monoisotopic (exact) mass is 347 g/mol. The van der Waals surface area contributed by atoms with Crippen LogP contribution in [-0.2, 0) is 13.1 Å². The average Bonchev–Trinajstić information content (AvgIpc) is 2.48. The zero-order valence-corrected chi connectivity index (χ0v) is 14.2. The van der Waals surface area contributed by atoms with Crippen LogP contribution >= 0.6 is 15.9 Å². The Morgan fingerprint density at radius 3 is 2.52 bits per heavy atom.